The first-order valence-corrected chi connectivity index (χ1v) is 6.78. The summed E-state index contributed by atoms with van der Waals surface area (Å²) in [7, 11) is 0. The largest absolute Gasteiger partial charge is 0.493 e. The molecule has 0 aliphatic rings. The number of nitrogens with zero attached hydrogens (tertiary/aromatic N) is 1. The first-order valence-electron chi connectivity index (χ1n) is 5.98. The van der Waals surface area contributed by atoms with Gasteiger partial charge in [-0.15, -0.1) is 0 Å². The van der Waals surface area contributed by atoms with E-state index in [-0.39, 0.29) is 19.6 Å². The fourth-order valence-electron chi connectivity index (χ4n) is 1.42. The van der Waals surface area contributed by atoms with Crippen LogP contribution < -0.4 is 4.74 Å². The molecule has 0 fully saturated rings. The Labute approximate surface area is 121 Å². The Morgan fingerprint density at radius 3 is 2.84 bits per heavy atom. The quantitative estimate of drug-likeness (QED) is 0.753. The molecule has 1 unspecified atom stereocenters. The number of benzene rings is 1. The summed E-state index contributed by atoms with van der Waals surface area (Å²) in [5, 5.41) is 9.11. The van der Waals surface area contributed by atoms with Crippen molar-refractivity contribution in [3.8, 4) is 11.8 Å². The molecule has 0 aromatic heterocycles. The van der Waals surface area contributed by atoms with Crippen LogP contribution in [0.15, 0.2) is 28.7 Å². The Balaban J connectivity index is 2.55. The zero-order chi connectivity index (χ0) is 14.3. The van der Waals surface area contributed by atoms with E-state index in [2.05, 4.69) is 15.9 Å². The summed E-state index contributed by atoms with van der Waals surface area (Å²) in [6.07, 6.45) is 0.287. The fraction of sp³-hybridized carbons (Fsp3) is 0.429. The van der Waals surface area contributed by atoms with Crippen LogP contribution in [0.5, 0.6) is 5.75 Å². The first kappa shape index (κ1) is 15.5. The van der Waals surface area contributed by atoms with E-state index >= 15 is 0 Å². The highest BCUT2D eigenvalue weighted by atomic mass is 79.9. The van der Waals surface area contributed by atoms with Gasteiger partial charge in [0.2, 0.25) is 0 Å². The van der Waals surface area contributed by atoms with Crippen molar-refractivity contribution < 1.29 is 14.3 Å². The fourth-order valence-corrected chi connectivity index (χ4v) is 1.80. The zero-order valence-electron chi connectivity index (χ0n) is 11.0. The summed E-state index contributed by atoms with van der Waals surface area (Å²) in [4.78, 5) is 11.7. The lowest BCUT2D eigenvalue weighted by Gasteiger charge is -2.19. The number of rotatable bonds is 6. The summed E-state index contributed by atoms with van der Waals surface area (Å²) in [5.74, 6) is 0.189. The minimum Gasteiger partial charge on any atom is -0.493 e. The smallest absolute Gasteiger partial charge is 0.326 e. The second-order valence-corrected chi connectivity index (χ2v) is 5.14. The average Bonchev–Trinajstić information content (AvgIpc) is 2.39. The van der Waals surface area contributed by atoms with Gasteiger partial charge < -0.3 is 9.47 Å². The summed E-state index contributed by atoms with van der Waals surface area (Å²) in [6, 6.07) is 9.39. The number of carbonyl (C=O) groups is 1. The second-order valence-electron chi connectivity index (χ2n) is 4.22. The number of hydrogen-bond donors (Lipinski definition) is 0. The second kappa shape index (κ2) is 7.15. The third-order valence-electron chi connectivity index (χ3n) is 2.64. The molecular weight excluding hydrogens is 310 g/mol. The standard InChI is InChI=1S/C14H16BrNO3/c1-3-18-13(17)14(2,10-16)7-8-19-12-6-4-5-11(15)9-12/h4-6,9H,3,7-8H2,1-2H3. The Bertz CT molecular complexity index is 484. The molecular formula is C14H16BrNO3. The lowest BCUT2D eigenvalue weighted by molar-refractivity contribution is -0.151. The van der Waals surface area contributed by atoms with Crippen LogP contribution in [0.25, 0.3) is 0 Å². The van der Waals surface area contributed by atoms with Gasteiger partial charge in [0, 0.05) is 10.9 Å². The molecule has 0 radical (unpaired) electrons. The van der Waals surface area contributed by atoms with Crippen LogP contribution in [0, 0.1) is 16.7 Å². The summed E-state index contributed by atoms with van der Waals surface area (Å²) in [6.45, 7) is 3.82. The van der Waals surface area contributed by atoms with E-state index < -0.39 is 11.4 Å². The molecule has 0 amide bonds. The Kier molecular flexibility index (Phi) is 5.84. The van der Waals surface area contributed by atoms with E-state index in [1.807, 2.05) is 30.3 Å². The summed E-state index contributed by atoms with van der Waals surface area (Å²) >= 11 is 3.34. The number of hydrogen-bond acceptors (Lipinski definition) is 4. The van der Waals surface area contributed by atoms with Crippen LogP contribution >= 0.6 is 15.9 Å². The van der Waals surface area contributed by atoms with Crippen molar-refractivity contribution in [3.05, 3.63) is 28.7 Å². The predicted octanol–water partition coefficient (Wildman–Crippen LogP) is 3.31. The van der Waals surface area contributed by atoms with Gasteiger partial charge in [-0.2, -0.15) is 5.26 Å². The van der Waals surface area contributed by atoms with Gasteiger partial charge in [-0.3, -0.25) is 4.79 Å². The van der Waals surface area contributed by atoms with Crippen molar-refractivity contribution in [2.24, 2.45) is 5.41 Å². The number of halogens is 1. The molecule has 0 spiro atoms. The van der Waals surface area contributed by atoms with Crippen LogP contribution in [0.2, 0.25) is 0 Å². The molecule has 1 aromatic carbocycles. The van der Waals surface area contributed by atoms with E-state index in [0.29, 0.717) is 5.75 Å². The van der Waals surface area contributed by atoms with E-state index in [9.17, 15) is 4.79 Å². The SMILES string of the molecule is CCOC(=O)C(C)(C#N)CCOc1cccc(Br)c1. The van der Waals surface area contributed by atoms with Crippen LogP contribution in [0.1, 0.15) is 20.3 Å². The van der Waals surface area contributed by atoms with Crippen LogP contribution in [-0.4, -0.2) is 19.2 Å². The topological polar surface area (TPSA) is 59.3 Å². The molecule has 0 heterocycles. The van der Waals surface area contributed by atoms with Gasteiger partial charge in [0.25, 0.3) is 0 Å². The number of nitriles is 1. The van der Waals surface area contributed by atoms with Crippen molar-refractivity contribution in [2.45, 2.75) is 20.3 Å². The maximum absolute atomic E-state index is 11.7. The lowest BCUT2D eigenvalue weighted by atomic mass is 9.89. The highest BCUT2D eigenvalue weighted by Gasteiger charge is 2.34. The Morgan fingerprint density at radius 1 is 1.53 bits per heavy atom. The molecule has 0 aliphatic carbocycles. The molecule has 102 valence electrons. The van der Waals surface area contributed by atoms with E-state index in [0.717, 1.165) is 4.47 Å². The Morgan fingerprint density at radius 2 is 2.26 bits per heavy atom. The maximum Gasteiger partial charge on any atom is 0.326 e. The molecule has 1 rings (SSSR count). The molecule has 1 aromatic rings. The molecule has 0 bridgehead atoms. The highest BCUT2D eigenvalue weighted by molar-refractivity contribution is 9.10. The monoisotopic (exact) mass is 325 g/mol. The third kappa shape index (κ3) is 4.56. The average molecular weight is 326 g/mol. The van der Waals surface area contributed by atoms with Crippen LogP contribution in [-0.2, 0) is 9.53 Å². The van der Waals surface area contributed by atoms with Crippen molar-refractivity contribution in [1.29, 1.82) is 5.26 Å². The number of esters is 1. The molecule has 5 heteroatoms. The number of ether oxygens (including phenoxy) is 2. The molecule has 0 N–H and O–H groups in total. The van der Waals surface area contributed by atoms with Crippen molar-refractivity contribution >= 4 is 21.9 Å². The molecule has 19 heavy (non-hydrogen) atoms. The lowest BCUT2D eigenvalue weighted by Crippen LogP contribution is -2.30. The Hall–Kier alpha value is -1.54. The molecule has 0 aliphatic heterocycles. The summed E-state index contributed by atoms with van der Waals surface area (Å²) in [5.41, 5.74) is -1.16. The van der Waals surface area contributed by atoms with Gasteiger partial charge in [-0.1, -0.05) is 22.0 Å². The third-order valence-corrected chi connectivity index (χ3v) is 3.13. The van der Waals surface area contributed by atoms with Gasteiger partial charge in [0.15, 0.2) is 5.41 Å². The molecule has 4 nitrogen and oxygen atoms in total. The first-order chi connectivity index (χ1) is 9.01. The van der Waals surface area contributed by atoms with Crippen LogP contribution in [0.3, 0.4) is 0 Å². The minimum absolute atomic E-state index is 0.266. The molecule has 0 saturated carbocycles. The van der Waals surface area contributed by atoms with Gasteiger partial charge in [-0.05, 0) is 32.0 Å². The van der Waals surface area contributed by atoms with E-state index in [1.54, 1.807) is 13.8 Å². The van der Waals surface area contributed by atoms with E-state index in [1.165, 1.54) is 0 Å². The highest BCUT2D eigenvalue weighted by Crippen LogP contribution is 2.24. The van der Waals surface area contributed by atoms with Gasteiger partial charge in [-0.25, -0.2) is 0 Å². The number of carbonyl (C=O) groups excluding carboxylic acids is 1. The predicted molar refractivity (Wildman–Crippen MR) is 74.6 cm³/mol. The maximum atomic E-state index is 11.7. The van der Waals surface area contributed by atoms with Gasteiger partial charge in [0.1, 0.15) is 5.75 Å². The van der Waals surface area contributed by atoms with Gasteiger partial charge >= 0.3 is 5.97 Å². The van der Waals surface area contributed by atoms with Crippen molar-refractivity contribution in [1.82, 2.24) is 0 Å². The molecule has 1 atom stereocenters. The molecule has 0 saturated heterocycles. The normalized spacial score (nSPS) is 13.2. The van der Waals surface area contributed by atoms with Crippen molar-refractivity contribution in [3.63, 3.8) is 0 Å². The van der Waals surface area contributed by atoms with Crippen LogP contribution in [0.4, 0.5) is 0 Å². The van der Waals surface area contributed by atoms with Gasteiger partial charge in [0.05, 0.1) is 19.3 Å². The summed E-state index contributed by atoms with van der Waals surface area (Å²) < 4.78 is 11.3. The van der Waals surface area contributed by atoms with E-state index in [4.69, 9.17) is 14.7 Å². The minimum atomic E-state index is -1.16. The van der Waals surface area contributed by atoms with Crippen molar-refractivity contribution in [2.75, 3.05) is 13.2 Å². The zero-order valence-corrected chi connectivity index (χ0v) is 12.6.